The number of esters is 2. The number of carbonyl (C=O) groups is 3. The molecule has 0 saturated heterocycles. The first kappa shape index (κ1) is 34.6. The van der Waals surface area contributed by atoms with Crippen LogP contribution in [0.25, 0.3) is 33.7 Å². The summed E-state index contributed by atoms with van der Waals surface area (Å²) in [5, 5.41) is 0. The van der Waals surface area contributed by atoms with Crippen LogP contribution in [0.1, 0.15) is 97.4 Å². The molecule has 0 aromatic carbocycles. The number of aromatic amines is 2. The van der Waals surface area contributed by atoms with Crippen LogP contribution >= 0.6 is 0 Å². The summed E-state index contributed by atoms with van der Waals surface area (Å²) in [6.45, 7) is 10.4. The van der Waals surface area contributed by atoms with Crippen LogP contribution in [0.2, 0.25) is 0 Å². The predicted octanol–water partition coefficient (Wildman–Crippen LogP) is 6.63. The molecule has 0 saturated carbocycles. The highest BCUT2D eigenvalue weighted by Gasteiger charge is 2.44. The molecule has 5 heterocycles. The molecule has 2 atom stereocenters. The molecular weight excluding hydrogens is 606 g/mol. The molecule has 0 spiro atoms. The first-order valence-corrected chi connectivity index (χ1v) is 16.6. The van der Waals surface area contributed by atoms with E-state index in [0.717, 1.165) is 79.1 Å². The van der Waals surface area contributed by atoms with Crippen LogP contribution in [0.4, 0.5) is 0 Å². The molecule has 8 bridgehead atoms. The second kappa shape index (κ2) is 13.8. The third-order valence-electron chi connectivity index (χ3n) is 10.1. The lowest BCUT2D eigenvalue weighted by Crippen LogP contribution is -2.34. The van der Waals surface area contributed by atoms with Gasteiger partial charge >= 0.3 is 11.9 Å². The van der Waals surface area contributed by atoms with Crippen molar-refractivity contribution in [1.29, 1.82) is 0 Å². The number of rotatable bonds is 9. The van der Waals surface area contributed by atoms with Gasteiger partial charge in [0.25, 0.3) is 0 Å². The van der Waals surface area contributed by atoms with Gasteiger partial charge < -0.3 is 24.3 Å². The molecule has 254 valence electrons. The second-order valence-corrected chi connectivity index (χ2v) is 13.4. The summed E-state index contributed by atoms with van der Waals surface area (Å²) in [5.74, 6) is -0.530. The standard InChI is InChI=1S/C38H47N5O5/c1-10-27-33-17-28-21(2)15-24(39-28)16-29-22(3)25(11-13-36(45)47-8)31(40-29)18-32-26(12-14-37(46)48-9)23(4)30(41-32)19-34(42-33)38(27,5)20-35(44)43(6)7/h15-19,27,40-41H,10-14,20H2,1-9H3/t27-,38-/m0/s1. The number of nitrogens with zero attached hydrogens (tertiary/aromatic N) is 3. The molecule has 0 unspecified atom stereocenters. The van der Waals surface area contributed by atoms with Gasteiger partial charge in [-0.25, -0.2) is 4.98 Å². The number of H-pyrrole nitrogens is 2. The monoisotopic (exact) mass is 653 g/mol. The number of nitrogens with one attached hydrogen (secondary N) is 2. The number of methoxy groups -OCH3 is 2. The minimum atomic E-state index is -0.564. The van der Waals surface area contributed by atoms with E-state index >= 15 is 0 Å². The van der Waals surface area contributed by atoms with Gasteiger partial charge in [-0.3, -0.25) is 19.4 Å². The van der Waals surface area contributed by atoms with Crippen LogP contribution < -0.4 is 0 Å². The summed E-state index contributed by atoms with van der Waals surface area (Å²) in [6, 6.07) is 8.23. The van der Waals surface area contributed by atoms with Gasteiger partial charge in [0, 0.05) is 78.1 Å². The Labute approximate surface area is 282 Å². The Morgan fingerprint density at radius 2 is 1.40 bits per heavy atom. The molecule has 3 aromatic rings. The summed E-state index contributed by atoms with van der Waals surface area (Å²) in [5.41, 5.74) is 11.3. The van der Waals surface area contributed by atoms with Crippen molar-refractivity contribution in [2.24, 2.45) is 0 Å². The van der Waals surface area contributed by atoms with Crippen molar-refractivity contribution in [3.63, 3.8) is 0 Å². The van der Waals surface area contributed by atoms with Gasteiger partial charge in [0.1, 0.15) is 0 Å². The lowest BCUT2D eigenvalue weighted by atomic mass is 9.71. The van der Waals surface area contributed by atoms with Crippen LogP contribution in [0.5, 0.6) is 0 Å². The quantitative estimate of drug-likeness (QED) is 0.248. The number of aromatic nitrogens is 4. The Morgan fingerprint density at radius 1 is 0.833 bits per heavy atom. The van der Waals surface area contributed by atoms with E-state index in [0.29, 0.717) is 19.3 Å². The van der Waals surface area contributed by atoms with Gasteiger partial charge in [0.2, 0.25) is 5.91 Å². The molecule has 48 heavy (non-hydrogen) atoms. The number of allylic oxidation sites excluding steroid dienone is 1. The lowest BCUT2D eigenvalue weighted by Gasteiger charge is -2.31. The number of hydrogen-bond donors (Lipinski definition) is 2. The van der Waals surface area contributed by atoms with Crippen molar-refractivity contribution in [2.75, 3.05) is 28.3 Å². The van der Waals surface area contributed by atoms with Crippen molar-refractivity contribution >= 4 is 51.6 Å². The molecule has 0 aliphatic carbocycles. The Bertz CT molecular complexity index is 1970. The zero-order valence-electron chi connectivity index (χ0n) is 29.6. The Morgan fingerprint density at radius 3 is 1.92 bits per heavy atom. The first-order chi connectivity index (χ1) is 22.8. The maximum atomic E-state index is 13.3. The Balaban J connectivity index is 1.89. The zero-order chi connectivity index (χ0) is 34.9. The Kier molecular flexibility index (Phi) is 9.94. The normalized spacial score (nSPS) is 17.2. The fraction of sp³-hybridized carbons (Fsp3) is 0.447. The molecule has 3 aromatic heterocycles. The van der Waals surface area contributed by atoms with E-state index in [4.69, 9.17) is 19.4 Å². The van der Waals surface area contributed by atoms with Gasteiger partial charge in [-0.15, -0.1) is 0 Å². The summed E-state index contributed by atoms with van der Waals surface area (Å²) in [6.07, 6.45) is 4.58. The topological polar surface area (TPSA) is 130 Å². The number of fused-ring (bicyclic) bond motifs is 8. The summed E-state index contributed by atoms with van der Waals surface area (Å²) >= 11 is 0. The lowest BCUT2D eigenvalue weighted by molar-refractivity contribution is -0.141. The van der Waals surface area contributed by atoms with Crippen LogP contribution in [-0.2, 0) is 42.1 Å². The fourth-order valence-corrected chi connectivity index (χ4v) is 7.07. The van der Waals surface area contributed by atoms with Crippen LogP contribution in [-0.4, -0.2) is 71.0 Å². The van der Waals surface area contributed by atoms with E-state index in [1.807, 2.05) is 26.8 Å². The van der Waals surface area contributed by atoms with Gasteiger partial charge in [-0.05, 0) is 98.2 Å². The van der Waals surface area contributed by atoms with E-state index in [-0.39, 0.29) is 36.6 Å². The van der Waals surface area contributed by atoms with Gasteiger partial charge in [0.15, 0.2) is 0 Å². The van der Waals surface area contributed by atoms with E-state index in [1.54, 1.807) is 19.0 Å². The molecule has 10 heteroatoms. The van der Waals surface area contributed by atoms with E-state index in [2.05, 4.69) is 48.1 Å². The van der Waals surface area contributed by atoms with E-state index in [9.17, 15) is 14.4 Å². The van der Waals surface area contributed by atoms with Crippen molar-refractivity contribution in [2.45, 2.75) is 84.5 Å². The van der Waals surface area contributed by atoms with Crippen molar-refractivity contribution in [3.8, 4) is 0 Å². The molecule has 2 aliphatic rings. The van der Waals surface area contributed by atoms with Crippen LogP contribution in [0, 0.1) is 13.8 Å². The van der Waals surface area contributed by atoms with E-state index in [1.165, 1.54) is 14.2 Å². The third kappa shape index (κ3) is 6.66. The van der Waals surface area contributed by atoms with Gasteiger partial charge in [0.05, 0.1) is 25.6 Å². The largest absolute Gasteiger partial charge is 0.469 e. The van der Waals surface area contributed by atoms with Crippen LogP contribution in [0.15, 0.2) is 24.3 Å². The highest BCUT2D eigenvalue weighted by atomic mass is 16.5. The summed E-state index contributed by atoms with van der Waals surface area (Å²) in [4.78, 5) is 56.9. The number of aryl methyl sites for hydroxylation is 4. The molecule has 10 nitrogen and oxygen atoms in total. The molecule has 5 rings (SSSR count). The number of hydrogen-bond acceptors (Lipinski definition) is 7. The fourth-order valence-electron chi connectivity index (χ4n) is 7.07. The van der Waals surface area contributed by atoms with Crippen molar-refractivity contribution in [3.05, 3.63) is 69.3 Å². The Hall–Kier alpha value is -4.73. The molecule has 0 radical (unpaired) electrons. The maximum absolute atomic E-state index is 13.3. The molecular formula is C38H47N5O5. The molecule has 1 amide bonds. The zero-order valence-corrected chi connectivity index (χ0v) is 29.6. The maximum Gasteiger partial charge on any atom is 0.305 e. The summed E-state index contributed by atoms with van der Waals surface area (Å²) in [7, 11) is 6.37. The van der Waals surface area contributed by atoms with Gasteiger partial charge in [-0.2, -0.15) is 0 Å². The minimum absolute atomic E-state index is 0.00267. The second-order valence-electron chi connectivity index (χ2n) is 13.4. The number of amides is 1. The van der Waals surface area contributed by atoms with E-state index < -0.39 is 5.41 Å². The highest BCUT2D eigenvalue weighted by molar-refractivity contribution is 5.85. The minimum Gasteiger partial charge on any atom is -0.469 e. The van der Waals surface area contributed by atoms with Gasteiger partial charge in [-0.1, -0.05) is 13.8 Å². The average molecular weight is 654 g/mol. The predicted molar refractivity (Wildman–Crippen MR) is 188 cm³/mol. The summed E-state index contributed by atoms with van der Waals surface area (Å²) < 4.78 is 9.94. The number of carbonyl (C=O) groups excluding carboxylic acids is 3. The highest BCUT2D eigenvalue weighted by Crippen LogP contribution is 2.47. The molecule has 0 fully saturated rings. The smallest absolute Gasteiger partial charge is 0.305 e. The number of ether oxygens (including phenoxy) is 2. The van der Waals surface area contributed by atoms with Crippen molar-refractivity contribution < 1.29 is 23.9 Å². The average Bonchev–Trinajstić information content (AvgIpc) is 3.71. The van der Waals surface area contributed by atoms with Crippen molar-refractivity contribution in [1.82, 2.24) is 24.8 Å². The third-order valence-corrected chi connectivity index (χ3v) is 10.1. The first-order valence-electron chi connectivity index (χ1n) is 16.6. The SMILES string of the molecule is CC[C@H]1c2cc3nc(cc4[nH]c(cc5[nH]c(cc(n2)[C@@]1(C)CC(=O)N(C)C)c(C)c5CCC(=O)OC)c(CCC(=O)OC)c4C)C=C3C. The van der Waals surface area contributed by atoms with Crippen LogP contribution in [0.3, 0.4) is 0 Å². The molecule has 2 aliphatic heterocycles. The molecule has 2 N–H and O–H groups in total.